The molecule has 1 nitrogen and oxygen atoms in total. The van der Waals surface area contributed by atoms with Crippen LogP contribution in [-0.2, 0) is 4.79 Å². The number of hydrogen-bond acceptors (Lipinski definition) is 1. The van der Waals surface area contributed by atoms with Gasteiger partial charge < -0.3 is 0 Å². The maximum atomic E-state index is 11.4. The van der Waals surface area contributed by atoms with Gasteiger partial charge in [-0.1, -0.05) is 45.8 Å². The molecule has 0 N–H and O–H groups in total. The SMILES string of the molecule is Cc1ccc(C2CCC(=O)C(Br)C2)cc1. The van der Waals surface area contributed by atoms with E-state index >= 15 is 0 Å². The zero-order chi connectivity index (χ0) is 10.8. The molecule has 80 valence electrons. The van der Waals surface area contributed by atoms with E-state index in [1.54, 1.807) is 0 Å². The Balaban J connectivity index is 2.12. The van der Waals surface area contributed by atoms with Gasteiger partial charge in [-0.3, -0.25) is 4.79 Å². The molecule has 0 amide bonds. The zero-order valence-corrected chi connectivity index (χ0v) is 10.5. The predicted octanol–water partition coefficient (Wildman–Crippen LogP) is 3.60. The van der Waals surface area contributed by atoms with Crippen LogP contribution in [0.15, 0.2) is 24.3 Å². The molecule has 1 saturated carbocycles. The van der Waals surface area contributed by atoms with E-state index in [4.69, 9.17) is 0 Å². The van der Waals surface area contributed by atoms with Crippen molar-refractivity contribution < 1.29 is 4.79 Å². The first-order valence-electron chi connectivity index (χ1n) is 5.40. The lowest BCUT2D eigenvalue weighted by molar-refractivity contribution is -0.119. The van der Waals surface area contributed by atoms with E-state index < -0.39 is 0 Å². The van der Waals surface area contributed by atoms with Crippen molar-refractivity contribution in [1.29, 1.82) is 0 Å². The van der Waals surface area contributed by atoms with Gasteiger partial charge in [0.05, 0.1) is 4.83 Å². The van der Waals surface area contributed by atoms with Crippen LogP contribution < -0.4 is 0 Å². The van der Waals surface area contributed by atoms with Gasteiger partial charge in [0.2, 0.25) is 0 Å². The summed E-state index contributed by atoms with van der Waals surface area (Å²) in [5.74, 6) is 0.908. The molecule has 2 rings (SSSR count). The highest BCUT2D eigenvalue weighted by Crippen LogP contribution is 2.34. The molecule has 1 aliphatic rings. The Hall–Kier alpha value is -0.630. The van der Waals surface area contributed by atoms with E-state index in [0.29, 0.717) is 18.1 Å². The molecule has 0 spiro atoms. The highest BCUT2D eigenvalue weighted by Gasteiger charge is 2.27. The number of aryl methyl sites for hydroxylation is 1. The van der Waals surface area contributed by atoms with Crippen LogP contribution in [0.5, 0.6) is 0 Å². The summed E-state index contributed by atoms with van der Waals surface area (Å²) in [6.07, 6.45) is 2.67. The van der Waals surface area contributed by atoms with Gasteiger partial charge in [-0.25, -0.2) is 0 Å². The van der Waals surface area contributed by atoms with Crippen LogP contribution in [0.25, 0.3) is 0 Å². The Morgan fingerprint density at radius 3 is 2.53 bits per heavy atom. The molecule has 2 unspecified atom stereocenters. The second kappa shape index (κ2) is 4.48. The molecule has 0 aromatic heterocycles. The average Bonchev–Trinajstić information content (AvgIpc) is 2.23. The monoisotopic (exact) mass is 266 g/mol. The van der Waals surface area contributed by atoms with E-state index in [1.165, 1.54) is 11.1 Å². The number of halogens is 1. The van der Waals surface area contributed by atoms with Crippen molar-refractivity contribution in [3.63, 3.8) is 0 Å². The predicted molar refractivity (Wildman–Crippen MR) is 65.5 cm³/mol. The van der Waals surface area contributed by atoms with Crippen LogP contribution in [-0.4, -0.2) is 10.6 Å². The molecule has 0 saturated heterocycles. The summed E-state index contributed by atoms with van der Waals surface area (Å²) in [5, 5.41) is 0. The molecule has 1 aromatic carbocycles. The van der Waals surface area contributed by atoms with E-state index in [-0.39, 0.29) is 4.83 Å². The number of benzene rings is 1. The molecule has 0 radical (unpaired) electrons. The summed E-state index contributed by atoms with van der Waals surface area (Å²) in [6.45, 7) is 2.10. The Morgan fingerprint density at radius 1 is 1.27 bits per heavy atom. The molecule has 2 heteroatoms. The number of alkyl halides is 1. The van der Waals surface area contributed by atoms with Crippen LogP contribution in [0.4, 0.5) is 0 Å². The minimum Gasteiger partial charge on any atom is -0.298 e. The van der Waals surface area contributed by atoms with Gasteiger partial charge in [-0.05, 0) is 31.2 Å². The van der Waals surface area contributed by atoms with Crippen molar-refractivity contribution in [1.82, 2.24) is 0 Å². The summed E-state index contributed by atoms with van der Waals surface area (Å²) in [7, 11) is 0. The van der Waals surface area contributed by atoms with Gasteiger partial charge in [0.25, 0.3) is 0 Å². The molecule has 1 fully saturated rings. The number of carbonyl (C=O) groups excluding carboxylic acids is 1. The Labute approximate surface area is 99.0 Å². The fraction of sp³-hybridized carbons (Fsp3) is 0.462. The maximum absolute atomic E-state index is 11.4. The minimum absolute atomic E-state index is 0.0672. The number of rotatable bonds is 1. The van der Waals surface area contributed by atoms with Gasteiger partial charge in [-0.2, -0.15) is 0 Å². The minimum atomic E-state index is 0.0672. The fourth-order valence-electron chi connectivity index (χ4n) is 2.11. The van der Waals surface area contributed by atoms with Crippen molar-refractivity contribution in [2.45, 2.75) is 36.9 Å². The van der Waals surface area contributed by atoms with E-state index in [1.807, 2.05) is 0 Å². The molecular weight excluding hydrogens is 252 g/mol. The summed E-state index contributed by atoms with van der Waals surface area (Å²) in [6, 6.07) is 8.68. The van der Waals surface area contributed by atoms with Crippen LogP contribution in [0, 0.1) is 6.92 Å². The molecule has 0 heterocycles. The lowest BCUT2D eigenvalue weighted by Crippen LogP contribution is -2.23. The topological polar surface area (TPSA) is 17.1 Å². The molecule has 1 aliphatic carbocycles. The smallest absolute Gasteiger partial charge is 0.146 e. The normalized spacial score (nSPS) is 26.7. The maximum Gasteiger partial charge on any atom is 0.146 e. The van der Waals surface area contributed by atoms with Crippen LogP contribution >= 0.6 is 15.9 Å². The molecule has 2 atom stereocenters. The van der Waals surface area contributed by atoms with Crippen molar-refractivity contribution in [3.05, 3.63) is 35.4 Å². The fourth-order valence-corrected chi connectivity index (χ4v) is 2.79. The molecule has 15 heavy (non-hydrogen) atoms. The van der Waals surface area contributed by atoms with Crippen LogP contribution in [0.1, 0.15) is 36.3 Å². The standard InChI is InChI=1S/C13H15BrO/c1-9-2-4-10(5-3-9)11-6-7-13(15)12(14)8-11/h2-5,11-12H,6-8H2,1H3. The highest BCUT2D eigenvalue weighted by atomic mass is 79.9. The lowest BCUT2D eigenvalue weighted by Gasteiger charge is -2.25. The molecule has 1 aromatic rings. The van der Waals surface area contributed by atoms with E-state index in [9.17, 15) is 4.79 Å². The Bertz CT molecular complexity index is 355. The zero-order valence-electron chi connectivity index (χ0n) is 8.87. The van der Waals surface area contributed by atoms with Gasteiger partial charge >= 0.3 is 0 Å². The molecule has 0 bridgehead atoms. The summed E-state index contributed by atoms with van der Waals surface area (Å²) in [5.41, 5.74) is 2.67. The van der Waals surface area contributed by atoms with Crippen molar-refractivity contribution in [3.8, 4) is 0 Å². The van der Waals surface area contributed by atoms with Gasteiger partial charge in [-0.15, -0.1) is 0 Å². The first-order valence-corrected chi connectivity index (χ1v) is 6.32. The highest BCUT2D eigenvalue weighted by molar-refractivity contribution is 9.10. The quantitative estimate of drug-likeness (QED) is 0.710. The average molecular weight is 267 g/mol. The first kappa shape index (κ1) is 10.9. The van der Waals surface area contributed by atoms with Crippen LogP contribution in [0.2, 0.25) is 0 Å². The van der Waals surface area contributed by atoms with Gasteiger partial charge in [0.1, 0.15) is 5.78 Å². The number of carbonyl (C=O) groups is 1. The Morgan fingerprint density at radius 2 is 1.93 bits per heavy atom. The largest absolute Gasteiger partial charge is 0.298 e. The van der Waals surface area contributed by atoms with Gasteiger partial charge in [0.15, 0.2) is 0 Å². The summed E-state index contributed by atoms with van der Waals surface area (Å²) >= 11 is 3.46. The molecule has 0 aliphatic heterocycles. The lowest BCUT2D eigenvalue weighted by atomic mass is 9.83. The number of Topliss-reactive ketones (excluding diaryl/α,β-unsaturated/α-hetero) is 1. The third-order valence-electron chi connectivity index (χ3n) is 3.13. The van der Waals surface area contributed by atoms with Gasteiger partial charge in [0, 0.05) is 6.42 Å². The number of hydrogen-bond donors (Lipinski definition) is 0. The van der Waals surface area contributed by atoms with E-state index in [2.05, 4.69) is 47.1 Å². The summed E-state index contributed by atoms with van der Waals surface area (Å²) < 4.78 is 0. The Kier molecular flexibility index (Phi) is 3.25. The van der Waals surface area contributed by atoms with E-state index in [0.717, 1.165) is 12.8 Å². The third-order valence-corrected chi connectivity index (χ3v) is 4.01. The van der Waals surface area contributed by atoms with Crippen molar-refractivity contribution >= 4 is 21.7 Å². The second-order valence-electron chi connectivity index (χ2n) is 4.32. The first-order chi connectivity index (χ1) is 7.16. The summed E-state index contributed by atoms with van der Waals surface area (Å²) in [4.78, 5) is 11.4. The van der Waals surface area contributed by atoms with Crippen molar-refractivity contribution in [2.75, 3.05) is 0 Å². The van der Waals surface area contributed by atoms with Crippen LogP contribution in [0.3, 0.4) is 0 Å². The number of ketones is 1. The second-order valence-corrected chi connectivity index (χ2v) is 5.42. The molecular formula is C13H15BrO. The third kappa shape index (κ3) is 2.49. The van der Waals surface area contributed by atoms with Crippen molar-refractivity contribution in [2.24, 2.45) is 0 Å².